The van der Waals surface area contributed by atoms with Crippen LogP contribution in [0.3, 0.4) is 0 Å². The number of carboxylic acids is 1. The third kappa shape index (κ3) is 3.22. The number of nitrogens with zero attached hydrogens (tertiary/aromatic N) is 4. The van der Waals surface area contributed by atoms with E-state index < -0.39 is 16.0 Å². The fourth-order valence-corrected chi connectivity index (χ4v) is 2.50. The Morgan fingerprint density at radius 3 is 2.65 bits per heavy atom. The van der Waals surface area contributed by atoms with Gasteiger partial charge in [-0.1, -0.05) is 0 Å². The minimum Gasteiger partial charge on any atom is -0.476 e. The Morgan fingerprint density at radius 2 is 2.10 bits per heavy atom. The lowest BCUT2D eigenvalue weighted by Gasteiger charge is -2.04. The summed E-state index contributed by atoms with van der Waals surface area (Å²) in [6.07, 6.45) is 5.45. The standard InChI is InChI=1S/C10H13N5O4S/c1-14-5-9(12-6-14)20(18,19)13-2-3-15-4-8(10(16)17)11-7-15/h4-7,13H,2-3H2,1H3,(H,16,17). The molecule has 9 nitrogen and oxygen atoms in total. The summed E-state index contributed by atoms with van der Waals surface area (Å²) >= 11 is 0. The molecular weight excluding hydrogens is 286 g/mol. The van der Waals surface area contributed by atoms with Gasteiger partial charge in [-0.05, 0) is 0 Å². The van der Waals surface area contributed by atoms with Crippen LogP contribution >= 0.6 is 0 Å². The first-order valence-corrected chi connectivity index (χ1v) is 7.09. The first-order chi connectivity index (χ1) is 9.38. The van der Waals surface area contributed by atoms with Crippen LogP contribution in [0.4, 0.5) is 0 Å². The smallest absolute Gasteiger partial charge is 0.356 e. The molecule has 0 aromatic carbocycles. The van der Waals surface area contributed by atoms with E-state index in [4.69, 9.17) is 5.11 Å². The largest absolute Gasteiger partial charge is 0.476 e. The van der Waals surface area contributed by atoms with E-state index in [1.807, 2.05) is 0 Å². The highest BCUT2D eigenvalue weighted by Crippen LogP contribution is 2.03. The van der Waals surface area contributed by atoms with Crippen molar-refractivity contribution in [1.29, 1.82) is 0 Å². The molecule has 0 saturated carbocycles. The minimum atomic E-state index is -3.65. The van der Waals surface area contributed by atoms with Crippen LogP contribution in [-0.4, -0.2) is 45.1 Å². The minimum absolute atomic E-state index is 0.0585. The highest BCUT2D eigenvalue weighted by molar-refractivity contribution is 7.89. The monoisotopic (exact) mass is 299 g/mol. The van der Waals surface area contributed by atoms with Gasteiger partial charge >= 0.3 is 5.97 Å². The number of nitrogens with one attached hydrogen (secondary N) is 1. The number of aromatic carboxylic acids is 1. The second kappa shape index (κ2) is 5.43. The molecular formula is C10H13N5O4S. The topological polar surface area (TPSA) is 119 Å². The van der Waals surface area contributed by atoms with Gasteiger partial charge in [-0.25, -0.2) is 27.9 Å². The third-order valence-electron chi connectivity index (χ3n) is 2.47. The van der Waals surface area contributed by atoms with Crippen LogP contribution in [0.1, 0.15) is 10.5 Å². The van der Waals surface area contributed by atoms with Crippen molar-refractivity contribution in [2.24, 2.45) is 7.05 Å². The van der Waals surface area contributed by atoms with Crippen molar-refractivity contribution in [1.82, 2.24) is 23.8 Å². The van der Waals surface area contributed by atoms with E-state index in [1.54, 1.807) is 7.05 Å². The molecule has 2 heterocycles. The highest BCUT2D eigenvalue weighted by Gasteiger charge is 2.16. The van der Waals surface area contributed by atoms with Crippen molar-refractivity contribution in [2.45, 2.75) is 11.6 Å². The summed E-state index contributed by atoms with van der Waals surface area (Å²) in [6.45, 7) is 0.376. The number of sulfonamides is 1. The lowest BCUT2D eigenvalue weighted by molar-refractivity contribution is 0.0691. The SMILES string of the molecule is Cn1cnc(S(=O)(=O)NCCn2cnc(C(=O)O)c2)c1. The van der Waals surface area contributed by atoms with Crippen molar-refractivity contribution in [3.05, 3.63) is 30.7 Å². The van der Waals surface area contributed by atoms with E-state index in [1.165, 1.54) is 34.2 Å². The number of imidazole rings is 2. The van der Waals surface area contributed by atoms with Crippen LogP contribution in [0.2, 0.25) is 0 Å². The molecule has 0 saturated heterocycles. The molecule has 108 valence electrons. The van der Waals surface area contributed by atoms with Crippen molar-refractivity contribution in [3.8, 4) is 0 Å². The first kappa shape index (κ1) is 14.2. The Hall–Kier alpha value is -2.20. The Kier molecular flexibility index (Phi) is 3.86. The average molecular weight is 299 g/mol. The molecule has 0 spiro atoms. The van der Waals surface area contributed by atoms with Gasteiger partial charge in [0.15, 0.2) is 10.7 Å². The average Bonchev–Trinajstić information content (AvgIpc) is 2.98. The van der Waals surface area contributed by atoms with E-state index in [-0.39, 0.29) is 23.8 Å². The molecule has 0 aliphatic heterocycles. The molecule has 20 heavy (non-hydrogen) atoms. The molecule has 0 bridgehead atoms. The van der Waals surface area contributed by atoms with E-state index in [0.717, 1.165) is 0 Å². The van der Waals surface area contributed by atoms with Gasteiger partial charge in [-0.15, -0.1) is 0 Å². The van der Waals surface area contributed by atoms with Crippen molar-refractivity contribution >= 4 is 16.0 Å². The van der Waals surface area contributed by atoms with E-state index >= 15 is 0 Å². The maximum absolute atomic E-state index is 11.8. The molecule has 0 amide bonds. The fourth-order valence-electron chi connectivity index (χ4n) is 1.50. The molecule has 0 radical (unpaired) electrons. The van der Waals surface area contributed by atoms with Crippen LogP contribution in [0.25, 0.3) is 0 Å². The van der Waals surface area contributed by atoms with Gasteiger partial charge in [0, 0.05) is 32.5 Å². The van der Waals surface area contributed by atoms with Gasteiger partial charge in [0.05, 0.1) is 12.7 Å². The van der Waals surface area contributed by atoms with Gasteiger partial charge in [-0.2, -0.15) is 0 Å². The zero-order chi connectivity index (χ0) is 14.8. The Bertz CT molecular complexity index is 718. The van der Waals surface area contributed by atoms with Crippen LogP contribution in [-0.2, 0) is 23.6 Å². The quantitative estimate of drug-likeness (QED) is 0.727. The number of rotatable bonds is 6. The molecule has 2 aromatic rings. The number of carboxylic acid groups (broad SMARTS) is 1. The predicted octanol–water partition coefficient (Wildman–Crippen LogP) is -0.707. The zero-order valence-corrected chi connectivity index (χ0v) is 11.4. The lowest BCUT2D eigenvalue weighted by atomic mass is 10.5. The molecule has 0 atom stereocenters. The van der Waals surface area contributed by atoms with Crippen LogP contribution in [0, 0.1) is 0 Å². The Labute approximate surface area is 114 Å². The molecule has 0 aliphatic carbocycles. The van der Waals surface area contributed by atoms with Crippen LogP contribution in [0.15, 0.2) is 30.1 Å². The highest BCUT2D eigenvalue weighted by atomic mass is 32.2. The molecule has 0 aliphatic rings. The number of aryl methyl sites for hydroxylation is 1. The molecule has 10 heteroatoms. The van der Waals surface area contributed by atoms with Crippen LogP contribution in [0.5, 0.6) is 0 Å². The summed E-state index contributed by atoms with van der Waals surface area (Å²) in [6, 6.07) is 0. The zero-order valence-electron chi connectivity index (χ0n) is 10.6. The third-order valence-corrected chi connectivity index (χ3v) is 3.82. The first-order valence-electron chi connectivity index (χ1n) is 5.61. The summed E-state index contributed by atoms with van der Waals surface area (Å²) in [7, 11) is -1.98. The summed E-state index contributed by atoms with van der Waals surface area (Å²) in [5.74, 6) is -1.13. The molecule has 2 rings (SSSR count). The summed E-state index contributed by atoms with van der Waals surface area (Å²) < 4.78 is 29.1. The van der Waals surface area contributed by atoms with Crippen molar-refractivity contribution in [2.75, 3.05) is 6.54 Å². The van der Waals surface area contributed by atoms with E-state index in [0.29, 0.717) is 0 Å². The van der Waals surface area contributed by atoms with E-state index in [9.17, 15) is 13.2 Å². The number of hydrogen-bond donors (Lipinski definition) is 2. The van der Waals surface area contributed by atoms with Crippen LogP contribution < -0.4 is 4.72 Å². The van der Waals surface area contributed by atoms with Gasteiger partial charge in [0.1, 0.15) is 0 Å². The van der Waals surface area contributed by atoms with Gasteiger partial charge in [0.25, 0.3) is 10.0 Å². The second-order valence-corrected chi connectivity index (χ2v) is 5.79. The van der Waals surface area contributed by atoms with E-state index in [2.05, 4.69) is 14.7 Å². The Morgan fingerprint density at radius 1 is 1.35 bits per heavy atom. The van der Waals surface area contributed by atoms with Gasteiger partial charge in [-0.3, -0.25) is 0 Å². The summed E-state index contributed by atoms with van der Waals surface area (Å²) in [5.41, 5.74) is -0.0856. The summed E-state index contributed by atoms with van der Waals surface area (Å²) in [5, 5.41) is 8.65. The lowest BCUT2D eigenvalue weighted by Crippen LogP contribution is -2.27. The number of carbonyl (C=O) groups is 1. The maximum atomic E-state index is 11.8. The van der Waals surface area contributed by atoms with Crippen molar-refractivity contribution in [3.63, 3.8) is 0 Å². The molecule has 0 fully saturated rings. The Balaban J connectivity index is 1.93. The fraction of sp³-hybridized carbons (Fsp3) is 0.300. The molecule has 0 unspecified atom stereocenters. The number of aromatic nitrogens is 4. The molecule has 2 N–H and O–H groups in total. The summed E-state index contributed by atoms with van der Waals surface area (Å²) in [4.78, 5) is 18.1. The van der Waals surface area contributed by atoms with Gasteiger partial charge < -0.3 is 14.2 Å². The predicted molar refractivity (Wildman–Crippen MR) is 67.6 cm³/mol. The second-order valence-electron chi connectivity index (χ2n) is 4.08. The number of hydrogen-bond acceptors (Lipinski definition) is 5. The van der Waals surface area contributed by atoms with Gasteiger partial charge in [0.2, 0.25) is 0 Å². The normalized spacial score (nSPS) is 11.7. The maximum Gasteiger partial charge on any atom is 0.356 e. The molecule has 2 aromatic heterocycles. The van der Waals surface area contributed by atoms with Crippen molar-refractivity contribution < 1.29 is 18.3 Å².